The molecule has 0 saturated heterocycles. The lowest BCUT2D eigenvalue weighted by Crippen LogP contribution is -2.52. The molecule has 0 heterocycles. The maximum absolute atomic E-state index is 13.6. The number of ether oxygens (including phenoxy) is 2. The van der Waals surface area contributed by atoms with E-state index in [0.29, 0.717) is 16.9 Å². The first-order valence-electron chi connectivity index (χ1n) is 13.0. The molecular weight excluding hydrogens is 452 g/mol. The molecule has 2 aromatic carbocycles. The van der Waals surface area contributed by atoms with Gasteiger partial charge in [-0.3, -0.25) is 14.4 Å². The fraction of sp³-hybridized carbons (Fsp3) is 0.516. The van der Waals surface area contributed by atoms with Crippen LogP contribution >= 0.6 is 0 Å². The van der Waals surface area contributed by atoms with Gasteiger partial charge in [-0.1, -0.05) is 45.4 Å². The first kappa shape index (κ1) is 26.1. The summed E-state index contributed by atoms with van der Waals surface area (Å²) in [6, 6.07) is 11.2. The third-order valence-electron chi connectivity index (χ3n) is 8.81. The van der Waals surface area contributed by atoms with Gasteiger partial charge in [-0.15, -0.1) is 0 Å². The number of rotatable bonds is 7. The Morgan fingerprint density at radius 2 is 1.78 bits per heavy atom. The van der Waals surface area contributed by atoms with Gasteiger partial charge in [0, 0.05) is 11.1 Å². The van der Waals surface area contributed by atoms with Crippen LogP contribution in [0, 0.1) is 11.3 Å². The van der Waals surface area contributed by atoms with E-state index in [9.17, 15) is 14.4 Å². The molecule has 0 N–H and O–H groups in total. The Bertz CT molecular complexity index is 1200. The molecule has 0 aliphatic heterocycles. The molecule has 0 radical (unpaired) electrons. The van der Waals surface area contributed by atoms with Crippen LogP contribution in [0.5, 0.6) is 5.75 Å². The molecule has 0 bridgehead atoms. The van der Waals surface area contributed by atoms with E-state index in [0.717, 1.165) is 43.2 Å². The van der Waals surface area contributed by atoms with E-state index < -0.39 is 5.41 Å². The number of ketones is 2. The number of benzene rings is 2. The van der Waals surface area contributed by atoms with Crippen LogP contribution in [-0.4, -0.2) is 31.8 Å². The van der Waals surface area contributed by atoms with E-state index in [1.54, 1.807) is 31.4 Å². The highest BCUT2D eigenvalue weighted by Gasteiger charge is 2.55. The second-order valence-corrected chi connectivity index (χ2v) is 11.3. The summed E-state index contributed by atoms with van der Waals surface area (Å²) in [5, 5.41) is 0. The molecule has 2 aliphatic carbocycles. The normalized spacial score (nSPS) is 25.0. The van der Waals surface area contributed by atoms with Gasteiger partial charge in [-0.2, -0.15) is 0 Å². The van der Waals surface area contributed by atoms with Crippen LogP contribution in [-0.2, 0) is 21.4 Å². The molecule has 5 nitrogen and oxygen atoms in total. The first-order chi connectivity index (χ1) is 17.0. The number of methoxy groups -OCH3 is 2. The summed E-state index contributed by atoms with van der Waals surface area (Å²) in [6.45, 7) is 8.48. The van der Waals surface area contributed by atoms with Crippen LogP contribution in [0.3, 0.4) is 0 Å². The van der Waals surface area contributed by atoms with Crippen LogP contribution in [0.2, 0.25) is 0 Å². The molecule has 192 valence electrons. The first-order valence-corrected chi connectivity index (χ1v) is 13.0. The lowest BCUT2D eigenvalue weighted by molar-refractivity contribution is -0.161. The minimum absolute atomic E-state index is 0.138. The van der Waals surface area contributed by atoms with E-state index >= 15 is 0 Å². The van der Waals surface area contributed by atoms with Crippen LogP contribution in [0.25, 0.3) is 0 Å². The molecule has 1 fully saturated rings. The number of Topliss-reactive ketones (excluding diaryl/α,β-unsaturated/α-hetero) is 2. The Hall–Kier alpha value is -2.95. The van der Waals surface area contributed by atoms with Gasteiger partial charge < -0.3 is 9.47 Å². The Balaban J connectivity index is 1.74. The Morgan fingerprint density at radius 1 is 1.03 bits per heavy atom. The molecule has 0 aromatic heterocycles. The maximum atomic E-state index is 13.6. The zero-order valence-electron chi connectivity index (χ0n) is 22.4. The van der Waals surface area contributed by atoms with E-state index in [4.69, 9.17) is 9.47 Å². The van der Waals surface area contributed by atoms with Crippen LogP contribution in [0.1, 0.15) is 103 Å². The molecule has 0 spiro atoms. The van der Waals surface area contributed by atoms with E-state index in [2.05, 4.69) is 32.9 Å². The highest BCUT2D eigenvalue weighted by Crippen LogP contribution is 2.58. The summed E-state index contributed by atoms with van der Waals surface area (Å²) in [7, 11) is 3.03. The fourth-order valence-electron chi connectivity index (χ4n) is 6.87. The Labute approximate surface area is 214 Å². The van der Waals surface area contributed by atoms with E-state index in [1.165, 1.54) is 12.7 Å². The molecule has 0 unspecified atom stereocenters. The second-order valence-electron chi connectivity index (χ2n) is 11.3. The predicted octanol–water partition coefficient (Wildman–Crippen LogP) is 6.46. The van der Waals surface area contributed by atoms with E-state index in [-0.39, 0.29) is 41.2 Å². The maximum Gasteiger partial charge on any atom is 0.311 e. The van der Waals surface area contributed by atoms with Gasteiger partial charge in [-0.25, -0.2) is 0 Å². The van der Waals surface area contributed by atoms with Crippen molar-refractivity contribution in [2.24, 2.45) is 11.3 Å². The van der Waals surface area contributed by atoms with Crippen molar-refractivity contribution in [3.63, 3.8) is 0 Å². The van der Waals surface area contributed by atoms with Crippen molar-refractivity contribution in [3.8, 4) is 5.75 Å². The smallest absolute Gasteiger partial charge is 0.311 e. The van der Waals surface area contributed by atoms with Gasteiger partial charge in [0.2, 0.25) is 0 Å². The van der Waals surface area contributed by atoms with Crippen molar-refractivity contribution < 1.29 is 23.9 Å². The van der Waals surface area contributed by atoms with Gasteiger partial charge in [0.15, 0.2) is 11.6 Å². The summed E-state index contributed by atoms with van der Waals surface area (Å²) < 4.78 is 10.5. The van der Waals surface area contributed by atoms with Crippen LogP contribution in [0.15, 0.2) is 36.4 Å². The minimum atomic E-state index is -0.539. The summed E-state index contributed by atoms with van der Waals surface area (Å²) >= 11 is 0. The van der Waals surface area contributed by atoms with Gasteiger partial charge in [0.25, 0.3) is 0 Å². The number of carbonyl (C=O) groups is 3. The zero-order valence-corrected chi connectivity index (χ0v) is 22.4. The lowest BCUT2D eigenvalue weighted by atomic mass is 9.49. The number of carbonyl (C=O) groups excluding carboxylic acids is 3. The highest BCUT2D eigenvalue weighted by molar-refractivity contribution is 6.14. The molecular formula is C31H38O5. The third kappa shape index (κ3) is 4.38. The van der Waals surface area contributed by atoms with Crippen molar-refractivity contribution in [1.82, 2.24) is 0 Å². The summed E-state index contributed by atoms with van der Waals surface area (Å²) in [4.78, 5) is 39.5. The zero-order chi connectivity index (χ0) is 26.3. The number of esters is 1. The summed E-state index contributed by atoms with van der Waals surface area (Å²) in [5.74, 6) is 0.372. The molecule has 5 heteroatoms. The molecule has 0 amide bonds. The molecule has 36 heavy (non-hydrogen) atoms. The van der Waals surface area contributed by atoms with E-state index in [1.807, 2.05) is 6.92 Å². The van der Waals surface area contributed by atoms with Crippen molar-refractivity contribution in [3.05, 3.63) is 64.2 Å². The quantitative estimate of drug-likeness (QED) is 0.253. The minimum Gasteiger partial charge on any atom is -0.497 e. The number of aryl methyl sites for hydroxylation is 1. The average molecular weight is 491 g/mol. The van der Waals surface area contributed by atoms with Gasteiger partial charge in [0.1, 0.15) is 5.75 Å². The second kappa shape index (κ2) is 9.84. The van der Waals surface area contributed by atoms with Crippen molar-refractivity contribution >= 4 is 17.5 Å². The number of hydrogen-bond acceptors (Lipinski definition) is 5. The van der Waals surface area contributed by atoms with Crippen molar-refractivity contribution in [1.29, 1.82) is 0 Å². The number of hydrogen-bond donors (Lipinski definition) is 0. The fourth-order valence-corrected chi connectivity index (χ4v) is 6.87. The lowest BCUT2D eigenvalue weighted by Gasteiger charge is -2.54. The van der Waals surface area contributed by atoms with Crippen LogP contribution in [0.4, 0.5) is 0 Å². The standard InChI is InChI=1S/C31H38O5/c1-19(2)23-16-20-11-12-28-30(3,13-8-14-31(28,4)29(34)36-6)25(20)17-24(23)27(33)18-26(32)21-9-7-10-22(15-21)35-5/h7,9-10,15-17,19,28H,8,11-14,18H2,1-6H3/t28-,30-,31-/m1/s1. The Kier molecular flexibility index (Phi) is 7.14. The van der Waals surface area contributed by atoms with Crippen molar-refractivity contribution in [2.45, 2.75) is 77.6 Å². The monoisotopic (exact) mass is 490 g/mol. The molecule has 4 rings (SSSR count). The van der Waals surface area contributed by atoms with Gasteiger partial charge in [0.05, 0.1) is 26.1 Å². The topological polar surface area (TPSA) is 69.7 Å². The van der Waals surface area contributed by atoms with Gasteiger partial charge in [-0.05, 0) is 84.7 Å². The van der Waals surface area contributed by atoms with Crippen molar-refractivity contribution in [2.75, 3.05) is 14.2 Å². The molecule has 3 atom stereocenters. The van der Waals surface area contributed by atoms with Crippen LogP contribution < -0.4 is 4.74 Å². The molecule has 2 aromatic rings. The summed E-state index contributed by atoms with van der Waals surface area (Å²) in [6.07, 6.45) is 4.33. The highest BCUT2D eigenvalue weighted by atomic mass is 16.5. The molecule has 2 aliphatic rings. The third-order valence-corrected chi connectivity index (χ3v) is 8.81. The SMILES string of the molecule is COC(=O)[C@]1(C)CCC[C@]2(C)c3cc(C(=O)CC(=O)c4cccc(OC)c4)c(C(C)C)cc3CC[C@@H]12. The largest absolute Gasteiger partial charge is 0.497 e. The predicted molar refractivity (Wildman–Crippen MR) is 140 cm³/mol. The number of fused-ring (bicyclic) bond motifs is 3. The summed E-state index contributed by atoms with van der Waals surface area (Å²) in [5.41, 5.74) is 3.76. The average Bonchev–Trinajstić information content (AvgIpc) is 2.87. The molecule has 1 saturated carbocycles. The Morgan fingerprint density at radius 3 is 2.44 bits per heavy atom. The van der Waals surface area contributed by atoms with Gasteiger partial charge >= 0.3 is 5.97 Å².